The molecule has 3 heteroatoms. The summed E-state index contributed by atoms with van der Waals surface area (Å²) in [5.74, 6) is -0.419. The molecule has 0 amide bonds. The van der Waals surface area contributed by atoms with E-state index in [9.17, 15) is 0 Å². The van der Waals surface area contributed by atoms with Gasteiger partial charge in [0.05, 0.1) is 25.4 Å². The Morgan fingerprint density at radius 1 is 1.14 bits per heavy atom. The van der Waals surface area contributed by atoms with E-state index in [-0.39, 0.29) is 5.60 Å². The third-order valence-corrected chi connectivity index (χ3v) is 4.50. The van der Waals surface area contributed by atoms with Gasteiger partial charge in [0.15, 0.2) is 5.79 Å². The third kappa shape index (κ3) is 3.37. The zero-order chi connectivity index (χ0) is 14.6. The Kier molecular flexibility index (Phi) is 4.43. The lowest BCUT2D eigenvalue weighted by Gasteiger charge is -2.44. The van der Waals surface area contributed by atoms with E-state index in [1.54, 1.807) is 0 Å². The van der Waals surface area contributed by atoms with Crippen LogP contribution in [0.25, 0.3) is 0 Å². The second-order valence-corrected chi connectivity index (χ2v) is 6.09. The summed E-state index contributed by atoms with van der Waals surface area (Å²) >= 11 is 0. The molecule has 1 aromatic carbocycles. The van der Waals surface area contributed by atoms with Crippen molar-refractivity contribution in [3.8, 4) is 0 Å². The van der Waals surface area contributed by atoms with Crippen LogP contribution < -0.4 is 0 Å². The molecule has 1 aliphatic carbocycles. The first-order chi connectivity index (χ1) is 10.3. The van der Waals surface area contributed by atoms with Crippen LogP contribution in [0.5, 0.6) is 0 Å². The quantitative estimate of drug-likeness (QED) is 0.771. The summed E-state index contributed by atoms with van der Waals surface area (Å²) in [5.41, 5.74) is 0.994. The molecule has 0 bridgehead atoms. The molecule has 1 heterocycles. The minimum absolute atomic E-state index is 0.208. The average molecular weight is 288 g/mol. The first kappa shape index (κ1) is 14.8. The molecule has 1 aromatic rings. The van der Waals surface area contributed by atoms with Crippen LogP contribution in [0.3, 0.4) is 0 Å². The van der Waals surface area contributed by atoms with E-state index in [2.05, 4.69) is 18.7 Å². The first-order valence-electron chi connectivity index (χ1n) is 7.83. The minimum atomic E-state index is -0.419. The highest BCUT2D eigenvalue weighted by Crippen LogP contribution is 2.44. The Morgan fingerprint density at radius 3 is 2.62 bits per heavy atom. The largest absolute Gasteiger partial charge is 0.370 e. The predicted octanol–water partition coefficient (Wildman–Crippen LogP) is 3.84. The molecule has 1 aliphatic heterocycles. The highest BCUT2D eigenvalue weighted by Gasteiger charge is 2.48. The highest BCUT2D eigenvalue weighted by atomic mass is 16.7. The molecule has 3 rings (SSSR count). The van der Waals surface area contributed by atoms with Crippen molar-refractivity contribution in [2.45, 2.75) is 50.1 Å². The smallest absolute Gasteiger partial charge is 0.171 e. The maximum absolute atomic E-state index is 6.35. The molecule has 1 atom stereocenters. The van der Waals surface area contributed by atoms with Crippen LogP contribution in [0.15, 0.2) is 43.0 Å². The molecular weight excluding hydrogens is 264 g/mol. The SMILES string of the molecule is C=CCC1(OCc2ccccc2)CCCC2(C1)OCCO2. The van der Waals surface area contributed by atoms with E-state index in [1.165, 1.54) is 5.56 Å². The molecule has 0 aromatic heterocycles. The minimum Gasteiger partial charge on any atom is -0.370 e. The summed E-state index contributed by atoms with van der Waals surface area (Å²) < 4.78 is 18.1. The van der Waals surface area contributed by atoms with E-state index < -0.39 is 5.79 Å². The fourth-order valence-electron chi connectivity index (χ4n) is 3.52. The average Bonchev–Trinajstić information content (AvgIpc) is 2.94. The summed E-state index contributed by atoms with van der Waals surface area (Å²) in [5, 5.41) is 0. The van der Waals surface area contributed by atoms with Gasteiger partial charge in [0.1, 0.15) is 0 Å². The number of benzene rings is 1. The Hall–Kier alpha value is -1.16. The van der Waals surface area contributed by atoms with Crippen LogP contribution in [0, 0.1) is 0 Å². The van der Waals surface area contributed by atoms with Gasteiger partial charge in [0, 0.05) is 12.8 Å². The van der Waals surface area contributed by atoms with Crippen molar-refractivity contribution in [2.24, 2.45) is 0 Å². The van der Waals surface area contributed by atoms with E-state index in [4.69, 9.17) is 14.2 Å². The third-order valence-electron chi connectivity index (χ3n) is 4.50. The molecule has 1 spiro atoms. The van der Waals surface area contributed by atoms with Gasteiger partial charge < -0.3 is 14.2 Å². The van der Waals surface area contributed by atoms with Crippen molar-refractivity contribution in [3.05, 3.63) is 48.6 Å². The number of hydrogen-bond acceptors (Lipinski definition) is 3. The van der Waals surface area contributed by atoms with Crippen molar-refractivity contribution in [3.63, 3.8) is 0 Å². The molecule has 2 aliphatic rings. The van der Waals surface area contributed by atoms with E-state index in [1.807, 2.05) is 24.3 Å². The van der Waals surface area contributed by atoms with Crippen LogP contribution in [-0.4, -0.2) is 24.6 Å². The fourth-order valence-corrected chi connectivity index (χ4v) is 3.52. The van der Waals surface area contributed by atoms with Crippen LogP contribution in [0.1, 0.15) is 37.7 Å². The van der Waals surface area contributed by atoms with Gasteiger partial charge in [-0.25, -0.2) is 0 Å². The predicted molar refractivity (Wildman–Crippen MR) is 81.9 cm³/mol. The molecule has 1 saturated carbocycles. The monoisotopic (exact) mass is 288 g/mol. The maximum atomic E-state index is 6.35. The standard InChI is InChI=1S/C18H24O3/c1-2-9-17(21-14-16-7-4-3-5-8-16)10-6-11-18(15-17)19-12-13-20-18/h2-5,7-8H,1,6,9-15H2. The van der Waals surface area contributed by atoms with Crippen molar-refractivity contribution in [2.75, 3.05) is 13.2 Å². The Morgan fingerprint density at radius 2 is 1.90 bits per heavy atom. The molecule has 0 N–H and O–H groups in total. The Balaban J connectivity index is 1.71. The van der Waals surface area contributed by atoms with Crippen LogP contribution in [0.4, 0.5) is 0 Å². The van der Waals surface area contributed by atoms with Crippen molar-refractivity contribution in [1.29, 1.82) is 0 Å². The van der Waals surface area contributed by atoms with E-state index >= 15 is 0 Å². The second kappa shape index (κ2) is 6.30. The normalized spacial score (nSPS) is 27.8. The Bertz CT molecular complexity index is 465. The summed E-state index contributed by atoms with van der Waals surface area (Å²) in [4.78, 5) is 0. The number of hydrogen-bond donors (Lipinski definition) is 0. The van der Waals surface area contributed by atoms with Crippen molar-refractivity contribution < 1.29 is 14.2 Å². The lowest BCUT2D eigenvalue weighted by Crippen LogP contribution is -2.47. The van der Waals surface area contributed by atoms with Crippen LogP contribution in [0.2, 0.25) is 0 Å². The fraction of sp³-hybridized carbons (Fsp3) is 0.556. The lowest BCUT2D eigenvalue weighted by molar-refractivity contribution is -0.230. The molecule has 114 valence electrons. The van der Waals surface area contributed by atoms with E-state index in [0.717, 1.165) is 32.1 Å². The van der Waals surface area contributed by atoms with Crippen LogP contribution in [-0.2, 0) is 20.8 Å². The summed E-state index contributed by atoms with van der Waals surface area (Å²) in [6, 6.07) is 10.3. The molecular formula is C18H24O3. The highest BCUT2D eigenvalue weighted by molar-refractivity contribution is 5.13. The zero-order valence-electron chi connectivity index (χ0n) is 12.6. The topological polar surface area (TPSA) is 27.7 Å². The molecule has 2 fully saturated rings. The number of ether oxygens (including phenoxy) is 3. The van der Waals surface area contributed by atoms with Crippen molar-refractivity contribution in [1.82, 2.24) is 0 Å². The molecule has 1 unspecified atom stereocenters. The van der Waals surface area contributed by atoms with Crippen LogP contribution >= 0.6 is 0 Å². The van der Waals surface area contributed by atoms with Gasteiger partial charge in [-0.05, 0) is 24.8 Å². The van der Waals surface area contributed by atoms with Gasteiger partial charge in [-0.3, -0.25) is 0 Å². The summed E-state index contributed by atoms with van der Waals surface area (Å²) in [6.07, 6.45) is 6.69. The van der Waals surface area contributed by atoms with Gasteiger partial charge >= 0.3 is 0 Å². The summed E-state index contributed by atoms with van der Waals surface area (Å²) in [6.45, 7) is 5.93. The first-order valence-corrected chi connectivity index (χ1v) is 7.83. The molecule has 21 heavy (non-hydrogen) atoms. The Labute approximate surface area is 126 Å². The molecule has 1 saturated heterocycles. The zero-order valence-corrected chi connectivity index (χ0v) is 12.6. The second-order valence-electron chi connectivity index (χ2n) is 6.09. The summed E-state index contributed by atoms with van der Waals surface area (Å²) in [7, 11) is 0. The number of rotatable bonds is 5. The van der Waals surface area contributed by atoms with Gasteiger partial charge in [0.25, 0.3) is 0 Å². The van der Waals surface area contributed by atoms with Gasteiger partial charge in [-0.2, -0.15) is 0 Å². The molecule has 0 radical (unpaired) electrons. The van der Waals surface area contributed by atoms with Gasteiger partial charge in [-0.15, -0.1) is 6.58 Å². The lowest BCUT2D eigenvalue weighted by atomic mass is 9.78. The maximum Gasteiger partial charge on any atom is 0.171 e. The van der Waals surface area contributed by atoms with Crippen molar-refractivity contribution >= 4 is 0 Å². The van der Waals surface area contributed by atoms with Gasteiger partial charge in [-0.1, -0.05) is 36.4 Å². The van der Waals surface area contributed by atoms with E-state index in [0.29, 0.717) is 19.8 Å². The molecule has 3 nitrogen and oxygen atoms in total. The van der Waals surface area contributed by atoms with Gasteiger partial charge in [0.2, 0.25) is 0 Å².